The highest BCUT2D eigenvalue weighted by atomic mass is 32.1. The van der Waals surface area contributed by atoms with E-state index in [4.69, 9.17) is 9.72 Å². The van der Waals surface area contributed by atoms with Crippen LogP contribution in [0.1, 0.15) is 34.7 Å². The summed E-state index contributed by atoms with van der Waals surface area (Å²) >= 11 is 1.63. The average Bonchev–Trinajstić information content (AvgIpc) is 3.29. The number of carbonyl (C=O) groups excluding carboxylic acids is 1. The molecule has 0 saturated carbocycles. The molecule has 2 saturated heterocycles. The zero-order valence-electron chi connectivity index (χ0n) is 17.8. The van der Waals surface area contributed by atoms with Gasteiger partial charge in [0.2, 0.25) is 0 Å². The zero-order valence-corrected chi connectivity index (χ0v) is 18.6. The Morgan fingerprint density at radius 1 is 1.06 bits per heavy atom. The molecule has 0 bridgehead atoms. The minimum absolute atomic E-state index is 0.0645. The van der Waals surface area contributed by atoms with Crippen molar-refractivity contribution in [3.8, 4) is 0 Å². The van der Waals surface area contributed by atoms with Gasteiger partial charge < -0.3 is 19.6 Å². The number of fused-ring (bicyclic) bond motifs is 1. The highest BCUT2D eigenvalue weighted by molar-refractivity contribution is 7.09. The monoisotopic (exact) mass is 442 g/mol. The number of urea groups is 1. The standard InChI is InChI=1S/C23H30N4O3S/c28-22(27-11-13-30-14-12-27)26-9-6-23(29,7-10-26)20-17-31-21(24-20)16-25-8-5-18-3-1-2-4-19(18)15-25/h1-4,17,29H,5-16H2. The molecule has 3 aliphatic rings. The second-order valence-corrected chi connectivity index (χ2v) is 9.70. The Balaban J connectivity index is 1.18. The lowest BCUT2D eigenvalue weighted by Gasteiger charge is -2.40. The van der Waals surface area contributed by atoms with Gasteiger partial charge in [0.05, 0.1) is 25.5 Å². The fourth-order valence-electron chi connectivity index (χ4n) is 4.76. The molecular formula is C23H30N4O3S. The number of rotatable bonds is 3. The summed E-state index contributed by atoms with van der Waals surface area (Å²) in [6.07, 6.45) is 2.14. The molecule has 166 valence electrons. The molecule has 0 spiro atoms. The first kappa shape index (κ1) is 20.9. The van der Waals surface area contributed by atoms with Gasteiger partial charge in [-0.2, -0.15) is 0 Å². The van der Waals surface area contributed by atoms with Crippen LogP contribution in [0.15, 0.2) is 29.6 Å². The Morgan fingerprint density at radius 2 is 1.77 bits per heavy atom. The van der Waals surface area contributed by atoms with Gasteiger partial charge in [-0.15, -0.1) is 11.3 Å². The van der Waals surface area contributed by atoms with E-state index in [1.165, 1.54) is 11.1 Å². The Labute approximate surface area is 187 Å². The predicted octanol–water partition coefficient (Wildman–Crippen LogP) is 2.44. The number of piperidine rings is 1. The lowest BCUT2D eigenvalue weighted by Crippen LogP contribution is -2.52. The number of amides is 2. The molecule has 0 radical (unpaired) electrons. The molecule has 1 aromatic heterocycles. The summed E-state index contributed by atoms with van der Waals surface area (Å²) in [7, 11) is 0. The Hall–Kier alpha value is -2.00. The molecule has 0 atom stereocenters. The normalized spacial score (nSPS) is 21.7. The van der Waals surface area contributed by atoms with E-state index in [-0.39, 0.29) is 6.03 Å². The van der Waals surface area contributed by atoms with E-state index in [9.17, 15) is 9.90 Å². The number of morpholine rings is 1. The highest BCUT2D eigenvalue weighted by Crippen LogP contribution is 2.34. The molecule has 8 heteroatoms. The van der Waals surface area contributed by atoms with Crippen LogP contribution in [0.4, 0.5) is 4.79 Å². The summed E-state index contributed by atoms with van der Waals surface area (Å²) in [5.74, 6) is 0. The third kappa shape index (κ3) is 4.48. The van der Waals surface area contributed by atoms with E-state index >= 15 is 0 Å². The van der Waals surface area contributed by atoms with Crippen LogP contribution >= 0.6 is 11.3 Å². The summed E-state index contributed by atoms with van der Waals surface area (Å²) in [5.41, 5.74) is 2.68. The van der Waals surface area contributed by atoms with Crippen LogP contribution in [0.3, 0.4) is 0 Å². The van der Waals surface area contributed by atoms with Crippen LogP contribution in [0.2, 0.25) is 0 Å². The van der Waals surface area contributed by atoms with Crippen molar-refractivity contribution in [1.82, 2.24) is 19.7 Å². The second-order valence-electron chi connectivity index (χ2n) is 8.76. The largest absolute Gasteiger partial charge is 0.383 e. The molecule has 7 nitrogen and oxygen atoms in total. The van der Waals surface area contributed by atoms with Gasteiger partial charge in [0.25, 0.3) is 0 Å². The number of hydrogen-bond donors (Lipinski definition) is 1. The smallest absolute Gasteiger partial charge is 0.320 e. The number of aliphatic hydroxyl groups is 1. The number of ether oxygens (including phenoxy) is 1. The number of hydrogen-bond acceptors (Lipinski definition) is 6. The molecule has 0 aliphatic carbocycles. The number of aromatic nitrogens is 1. The van der Waals surface area contributed by atoms with Crippen LogP contribution in [0.5, 0.6) is 0 Å². The molecule has 31 heavy (non-hydrogen) atoms. The minimum atomic E-state index is -0.939. The van der Waals surface area contributed by atoms with E-state index in [2.05, 4.69) is 29.2 Å². The fraction of sp³-hybridized carbons (Fsp3) is 0.565. The number of likely N-dealkylation sites (tertiary alicyclic amines) is 1. The second kappa shape index (κ2) is 8.86. The maximum atomic E-state index is 12.7. The molecular weight excluding hydrogens is 412 g/mol. The van der Waals surface area contributed by atoms with E-state index in [0.29, 0.717) is 52.2 Å². The topological polar surface area (TPSA) is 69.1 Å². The summed E-state index contributed by atoms with van der Waals surface area (Å²) in [6.45, 7) is 6.43. The van der Waals surface area contributed by atoms with Crippen molar-refractivity contribution in [2.24, 2.45) is 0 Å². The number of benzene rings is 1. The summed E-state index contributed by atoms with van der Waals surface area (Å²) in [5, 5.41) is 14.3. The van der Waals surface area contributed by atoms with E-state index in [0.717, 1.165) is 36.8 Å². The summed E-state index contributed by atoms with van der Waals surface area (Å²) < 4.78 is 5.34. The van der Waals surface area contributed by atoms with Crippen molar-refractivity contribution in [1.29, 1.82) is 0 Å². The van der Waals surface area contributed by atoms with Crippen molar-refractivity contribution in [3.63, 3.8) is 0 Å². The molecule has 5 rings (SSSR count). The molecule has 2 aromatic rings. The first-order valence-corrected chi connectivity index (χ1v) is 12.1. The first-order chi connectivity index (χ1) is 15.1. The van der Waals surface area contributed by atoms with Crippen molar-refractivity contribution in [3.05, 3.63) is 51.5 Å². The number of nitrogens with zero attached hydrogens (tertiary/aromatic N) is 4. The third-order valence-corrected chi connectivity index (χ3v) is 7.57. The first-order valence-electron chi connectivity index (χ1n) is 11.2. The van der Waals surface area contributed by atoms with Gasteiger partial charge in [0.15, 0.2) is 0 Å². The Kier molecular flexibility index (Phi) is 5.97. The van der Waals surface area contributed by atoms with Crippen LogP contribution in [-0.2, 0) is 29.8 Å². The summed E-state index contributed by atoms with van der Waals surface area (Å²) in [6, 6.07) is 8.72. The lowest BCUT2D eigenvalue weighted by atomic mass is 9.89. The SMILES string of the molecule is O=C(N1CCOCC1)N1CCC(O)(c2csc(CN3CCc4ccccc4C3)n2)CC1. The number of thiazole rings is 1. The van der Waals surface area contributed by atoms with Gasteiger partial charge in [-0.1, -0.05) is 24.3 Å². The van der Waals surface area contributed by atoms with Crippen molar-refractivity contribution >= 4 is 17.4 Å². The molecule has 1 aromatic carbocycles. The quantitative estimate of drug-likeness (QED) is 0.791. The van der Waals surface area contributed by atoms with Crippen molar-refractivity contribution < 1.29 is 14.6 Å². The summed E-state index contributed by atoms with van der Waals surface area (Å²) in [4.78, 5) is 23.7. The Morgan fingerprint density at radius 3 is 2.55 bits per heavy atom. The van der Waals surface area contributed by atoms with E-state index < -0.39 is 5.60 Å². The molecule has 2 fully saturated rings. The van der Waals surface area contributed by atoms with Gasteiger partial charge in [0.1, 0.15) is 10.6 Å². The molecule has 3 aliphatic heterocycles. The highest BCUT2D eigenvalue weighted by Gasteiger charge is 2.38. The lowest BCUT2D eigenvalue weighted by molar-refractivity contribution is -0.0266. The maximum absolute atomic E-state index is 12.7. The van der Waals surface area contributed by atoms with Gasteiger partial charge in [-0.3, -0.25) is 4.90 Å². The van der Waals surface area contributed by atoms with Gasteiger partial charge >= 0.3 is 6.03 Å². The fourth-order valence-corrected chi connectivity index (χ4v) is 5.68. The Bertz CT molecular complexity index is 919. The van der Waals surface area contributed by atoms with Crippen molar-refractivity contribution in [2.75, 3.05) is 45.9 Å². The molecule has 0 unspecified atom stereocenters. The molecule has 1 N–H and O–H groups in total. The minimum Gasteiger partial charge on any atom is -0.383 e. The molecule has 4 heterocycles. The van der Waals surface area contributed by atoms with Crippen LogP contribution in [0, 0.1) is 0 Å². The zero-order chi connectivity index (χ0) is 21.3. The third-order valence-electron chi connectivity index (χ3n) is 6.74. The van der Waals surface area contributed by atoms with Crippen molar-refractivity contribution in [2.45, 2.75) is 38.0 Å². The van der Waals surface area contributed by atoms with Gasteiger partial charge in [-0.05, 0) is 30.4 Å². The molecule has 2 amide bonds. The maximum Gasteiger partial charge on any atom is 0.320 e. The van der Waals surface area contributed by atoms with Crippen LogP contribution in [0.25, 0.3) is 0 Å². The van der Waals surface area contributed by atoms with Gasteiger partial charge in [0, 0.05) is 44.6 Å². The van der Waals surface area contributed by atoms with E-state index in [1.54, 1.807) is 11.3 Å². The predicted molar refractivity (Wildman–Crippen MR) is 119 cm³/mol. The average molecular weight is 443 g/mol. The van der Waals surface area contributed by atoms with E-state index in [1.807, 2.05) is 15.2 Å². The van der Waals surface area contributed by atoms with Crippen LogP contribution < -0.4 is 0 Å². The van der Waals surface area contributed by atoms with Gasteiger partial charge in [-0.25, -0.2) is 9.78 Å². The number of carbonyl (C=O) groups is 1. The van der Waals surface area contributed by atoms with Crippen LogP contribution in [-0.4, -0.2) is 76.8 Å².